The Morgan fingerprint density at radius 1 is 1.44 bits per heavy atom. The minimum Gasteiger partial charge on any atom is -0.391 e. The summed E-state index contributed by atoms with van der Waals surface area (Å²) >= 11 is 7.70. The van der Waals surface area contributed by atoms with Crippen molar-refractivity contribution >= 4 is 51.5 Å². The molecule has 1 aromatic carbocycles. The molecule has 3 N–H and O–H groups in total. The average Bonchev–Trinajstić information content (AvgIpc) is 3.31. The fourth-order valence-corrected chi connectivity index (χ4v) is 4.49. The first kappa shape index (κ1) is 20.1. The lowest BCUT2D eigenvalue weighted by Crippen LogP contribution is -2.34. The molecule has 1 aliphatic rings. The molecular weight excluding hydrogens is 407 g/mol. The molecule has 0 saturated carbocycles. The van der Waals surface area contributed by atoms with Gasteiger partial charge in [-0.25, -0.2) is 4.68 Å². The third-order valence-corrected chi connectivity index (χ3v) is 6.11. The van der Waals surface area contributed by atoms with Crippen LogP contribution in [-0.2, 0) is 0 Å². The van der Waals surface area contributed by atoms with Gasteiger partial charge in [-0.05, 0) is 25.1 Å². The number of aliphatic hydroxyl groups excluding tert-OH is 1. The molecule has 9 heteroatoms. The van der Waals surface area contributed by atoms with Crippen LogP contribution in [0.15, 0.2) is 30.3 Å². The summed E-state index contributed by atoms with van der Waals surface area (Å²) in [6, 6.07) is 9.38. The third kappa shape index (κ3) is 3.83. The van der Waals surface area contributed by atoms with Crippen molar-refractivity contribution in [1.29, 1.82) is 0 Å². The number of aliphatic hydroxyl groups is 1. The van der Waals surface area contributed by atoms with E-state index in [1.54, 1.807) is 4.68 Å². The van der Waals surface area contributed by atoms with Crippen LogP contribution in [0.1, 0.15) is 15.4 Å². The zero-order chi connectivity index (χ0) is 18.3. The maximum Gasteiger partial charge on any atom is 0.261 e. The predicted octanol–water partition coefficient (Wildman–Crippen LogP) is 2.78. The van der Waals surface area contributed by atoms with Crippen LogP contribution in [0.5, 0.6) is 0 Å². The summed E-state index contributed by atoms with van der Waals surface area (Å²) in [5, 5.41) is 22.0. The summed E-state index contributed by atoms with van der Waals surface area (Å²) in [5.41, 5.74) is 1.65. The number of halogens is 2. The van der Waals surface area contributed by atoms with E-state index in [-0.39, 0.29) is 24.2 Å². The van der Waals surface area contributed by atoms with E-state index >= 15 is 0 Å². The summed E-state index contributed by atoms with van der Waals surface area (Å²) in [7, 11) is 0. The molecule has 0 spiro atoms. The molecule has 6 nitrogen and oxygen atoms in total. The number of benzene rings is 1. The smallest absolute Gasteiger partial charge is 0.261 e. The van der Waals surface area contributed by atoms with E-state index in [1.165, 1.54) is 11.3 Å². The van der Waals surface area contributed by atoms with Gasteiger partial charge in [0.15, 0.2) is 0 Å². The molecule has 27 heavy (non-hydrogen) atoms. The van der Waals surface area contributed by atoms with Gasteiger partial charge in [-0.15, -0.1) is 23.7 Å². The van der Waals surface area contributed by atoms with Crippen LogP contribution in [-0.4, -0.2) is 46.5 Å². The number of carbonyl (C=O) groups excluding carboxylic acids is 1. The fraction of sp³-hybridized carbons (Fsp3) is 0.333. The highest BCUT2D eigenvalue weighted by molar-refractivity contribution is 7.20. The average molecular weight is 427 g/mol. The van der Waals surface area contributed by atoms with Gasteiger partial charge < -0.3 is 15.7 Å². The van der Waals surface area contributed by atoms with E-state index in [4.69, 9.17) is 11.6 Å². The van der Waals surface area contributed by atoms with Crippen molar-refractivity contribution < 1.29 is 9.90 Å². The molecule has 0 aliphatic carbocycles. The molecular formula is C18H20Cl2N4O2S. The van der Waals surface area contributed by atoms with Crippen LogP contribution in [0.25, 0.3) is 15.9 Å². The van der Waals surface area contributed by atoms with E-state index < -0.39 is 6.10 Å². The lowest BCUT2D eigenvalue weighted by atomic mass is 10.1. The van der Waals surface area contributed by atoms with E-state index in [2.05, 4.69) is 15.7 Å². The molecule has 2 unspecified atom stereocenters. The Hall–Kier alpha value is -1.64. The monoisotopic (exact) mass is 426 g/mol. The SMILES string of the molecule is Cc1nn(-c2ccccc2Cl)c2sc(C(=O)NCC3CNCC3O)cc12.Cl. The highest BCUT2D eigenvalue weighted by atomic mass is 35.5. The normalized spacial score (nSPS) is 19.2. The number of β-amino-alcohol motifs (C(OH)–C–C–N with tert-alkyl or cyclic N) is 1. The first-order valence-electron chi connectivity index (χ1n) is 8.45. The molecule has 1 saturated heterocycles. The number of hydrogen-bond acceptors (Lipinski definition) is 5. The van der Waals surface area contributed by atoms with Gasteiger partial charge in [0.2, 0.25) is 0 Å². The minimum atomic E-state index is -0.409. The molecule has 4 rings (SSSR count). The Labute approximate surface area is 171 Å². The molecule has 2 atom stereocenters. The minimum absolute atomic E-state index is 0. The van der Waals surface area contributed by atoms with Crippen LogP contribution in [0.3, 0.4) is 0 Å². The van der Waals surface area contributed by atoms with Gasteiger partial charge in [-0.3, -0.25) is 4.79 Å². The molecule has 3 heterocycles. The molecule has 0 bridgehead atoms. The maximum atomic E-state index is 12.5. The van der Waals surface area contributed by atoms with E-state index in [0.717, 1.165) is 21.6 Å². The molecule has 1 amide bonds. The molecule has 2 aromatic heterocycles. The van der Waals surface area contributed by atoms with Gasteiger partial charge in [0, 0.05) is 30.9 Å². The van der Waals surface area contributed by atoms with Crippen LogP contribution < -0.4 is 10.6 Å². The van der Waals surface area contributed by atoms with Gasteiger partial charge in [0.25, 0.3) is 5.91 Å². The van der Waals surface area contributed by atoms with Crippen molar-refractivity contribution in [2.45, 2.75) is 13.0 Å². The van der Waals surface area contributed by atoms with Crippen LogP contribution in [0.4, 0.5) is 0 Å². The molecule has 3 aromatic rings. The zero-order valence-corrected chi connectivity index (χ0v) is 17.0. The lowest BCUT2D eigenvalue weighted by Gasteiger charge is -2.13. The summed E-state index contributed by atoms with van der Waals surface area (Å²) in [4.78, 5) is 14.1. The Morgan fingerprint density at radius 2 is 2.22 bits per heavy atom. The largest absolute Gasteiger partial charge is 0.391 e. The summed E-state index contributed by atoms with van der Waals surface area (Å²) in [5.74, 6) is -0.0795. The van der Waals surface area contributed by atoms with Gasteiger partial charge in [0.1, 0.15) is 4.83 Å². The van der Waals surface area contributed by atoms with Crippen LogP contribution >= 0.6 is 35.3 Å². The maximum absolute atomic E-state index is 12.5. The summed E-state index contributed by atoms with van der Waals surface area (Å²) in [6.07, 6.45) is -0.409. The Bertz CT molecular complexity index is 972. The number of amides is 1. The number of para-hydroxylation sites is 1. The van der Waals surface area contributed by atoms with Crippen LogP contribution in [0.2, 0.25) is 5.02 Å². The second-order valence-corrected chi connectivity index (χ2v) is 7.91. The van der Waals surface area contributed by atoms with Gasteiger partial charge in [-0.2, -0.15) is 5.10 Å². The third-order valence-electron chi connectivity index (χ3n) is 4.68. The predicted molar refractivity (Wildman–Crippen MR) is 111 cm³/mol. The molecule has 0 radical (unpaired) electrons. The Kier molecular flexibility index (Phi) is 6.08. The first-order chi connectivity index (χ1) is 12.5. The Balaban J connectivity index is 0.00000210. The number of nitrogens with one attached hydrogen (secondary N) is 2. The van der Waals surface area contributed by atoms with Crippen molar-refractivity contribution in [2.75, 3.05) is 19.6 Å². The number of fused-ring (bicyclic) bond motifs is 1. The van der Waals surface area contributed by atoms with Crippen molar-refractivity contribution in [3.63, 3.8) is 0 Å². The number of nitrogens with zero attached hydrogens (tertiary/aromatic N) is 2. The van der Waals surface area contributed by atoms with Crippen molar-refractivity contribution in [1.82, 2.24) is 20.4 Å². The highest BCUT2D eigenvalue weighted by Gasteiger charge is 2.26. The summed E-state index contributed by atoms with van der Waals surface area (Å²) < 4.78 is 1.79. The molecule has 144 valence electrons. The number of rotatable bonds is 4. The quantitative estimate of drug-likeness (QED) is 0.599. The van der Waals surface area contributed by atoms with Crippen molar-refractivity contribution in [2.24, 2.45) is 5.92 Å². The number of aryl methyl sites for hydroxylation is 1. The number of thiophene rings is 1. The topological polar surface area (TPSA) is 79.2 Å². The van der Waals surface area contributed by atoms with Gasteiger partial charge in [0.05, 0.1) is 27.4 Å². The van der Waals surface area contributed by atoms with Gasteiger partial charge in [-0.1, -0.05) is 23.7 Å². The van der Waals surface area contributed by atoms with Crippen molar-refractivity contribution in [3.05, 3.63) is 45.9 Å². The fourth-order valence-electron chi connectivity index (χ4n) is 3.18. The van der Waals surface area contributed by atoms with E-state index in [9.17, 15) is 9.90 Å². The lowest BCUT2D eigenvalue weighted by molar-refractivity contribution is 0.0931. The zero-order valence-electron chi connectivity index (χ0n) is 14.6. The van der Waals surface area contributed by atoms with E-state index in [1.807, 2.05) is 37.3 Å². The highest BCUT2D eigenvalue weighted by Crippen LogP contribution is 2.32. The van der Waals surface area contributed by atoms with E-state index in [0.29, 0.717) is 29.5 Å². The molecule has 1 aliphatic heterocycles. The number of carbonyl (C=O) groups is 1. The first-order valence-corrected chi connectivity index (χ1v) is 9.65. The summed E-state index contributed by atoms with van der Waals surface area (Å²) in [6.45, 7) is 3.67. The second kappa shape index (κ2) is 8.16. The number of aromatic nitrogens is 2. The van der Waals surface area contributed by atoms with Gasteiger partial charge >= 0.3 is 0 Å². The Morgan fingerprint density at radius 3 is 2.93 bits per heavy atom. The van der Waals surface area contributed by atoms with Crippen LogP contribution in [0, 0.1) is 12.8 Å². The number of hydrogen-bond donors (Lipinski definition) is 3. The molecule has 1 fully saturated rings. The standard InChI is InChI=1S/C18H19ClN4O2S.ClH/c1-10-12-6-16(17(25)21-8-11-7-20-9-15(11)24)26-18(12)23(22-10)14-5-3-2-4-13(14)19;/h2-6,11,15,20,24H,7-9H2,1H3,(H,21,25);1H. The second-order valence-electron chi connectivity index (χ2n) is 6.47. The van der Waals surface area contributed by atoms with Crippen molar-refractivity contribution in [3.8, 4) is 5.69 Å².